The molecule has 2 aromatic carbocycles. The van der Waals surface area contributed by atoms with E-state index in [4.69, 9.17) is 30.8 Å². The van der Waals surface area contributed by atoms with Crippen molar-refractivity contribution >= 4 is 40.6 Å². The van der Waals surface area contributed by atoms with Crippen molar-refractivity contribution < 1.29 is 48.3 Å². The summed E-state index contributed by atoms with van der Waals surface area (Å²) in [4.78, 5) is 40.1. The van der Waals surface area contributed by atoms with Crippen LogP contribution in [0.15, 0.2) is 66.3 Å². The van der Waals surface area contributed by atoms with Crippen LogP contribution in [0, 0.1) is 5.82 Å². The van der Waals surface area contributed by atoms with Gasteiger partial charge in [0.1, 0.15) is 17.7 Å². The van der Waals surface area contributed by atoms with Crippen LogP contribution in [0.5, 0.6) is 5.75 Å². The minimum atomic E-state index is -2.89. The van der Waals surface area contributed by atoms with Crippen molar-refractivity contribution in [2.45, 2.75) is 43.6 Å². The van der Waals surface area contributed by atoms with Gasteiger partial charge in [-0.15, -0.1) is 11.3 Å². The number of hydrogen-bond donors (Lipinski definition) is 5. The minimum absolute atomic E-state index is 0.112. The molecule has 4 atom stereocenters. The van der Waals surface area contributed by atoms with E-state index < -0.39 is 60.7 Å². The molecule has 0 bridgehead atoms. The molecule has 0 spiro atoms. The van der Waals surface area contributed by atoms with Crippen LogP contribution in [0.1, 0.15) is 41.1 Å². The van der Waals surface area contributed by atoms with Gasteiger partial charge in [0.2, 0.25) is 0 Å². The Hall–Kier alpha value is -4.86. The first-order valence-corrected chi connectivity index (χ1v) is 14.6. The molecule has 4 unspecified atom stereocenters. The highest BCUT2D eigenvalue weighted by atomic mass is 32.1. The summed E-state index contributed by atoms with van der Waals surface area (Å²) in [5.41, 5.74) is 11.3. The fourth-order valence-corrected chi connectivity index (χ4v) is 5.87. The predicted molar refractivity (Wildman–Crippen MR) is 159 cm³/mol. The second-order valence-electron chi connectivity index (χ2n) is 10.7. The van der Waals surface area contributed by atoms with E-state index in [9.17, 15) is 29.0 Å². The summed E-state index contributed by atoms with van der Waals surface area (Å²) in [5, 5.41) is 30.9. The van der Waals surface area contributed by atoms with Crippen LogP contribution in [0.3, 0.4) is 0 Å². The maximum Gasteiger partial charge on any atom is 0.336 e. The number of carboxylic acid groups (broad SMARTS) is 2. The van der Waals surface area contributed by atoms with Crippen molar-refractivity contribution in [2.24, 2.45) is 0 Å². The van der Waals surface area contributed by atoms with Gasteiger partial charge in [0, 0.05) is 23.0 Å². The maximum atomic E-state index is 13.8. The number of fused-ring (bicyclic) bond motifs is 1. The Kier molecular flexibility index (Phi) is 9.13. The van der Waals surface area contributed by atoms with E-state index in [-0.39, 0.29) is 19.7 Å². The number of nitrogens with two attached hydrogens (primary N) is 2. The fraction of sp³-hybridized carbons (Fsp3) is 0.300. The second kappa shape index (κ2) is 13.0. The summed E-state index contributed by atoms with van der Waals surface area (Å²) in [6.45, 7) is 0.444. The normalized spacial score (nSPS) is 19.2. The molecule has 2 aliphatic heterocycles. The number of halogens is 1. The van der Waals surface area contributed by atoms with Crippen molar-refractivity contribution in [1.29, 1.82) is 0 Å². The van der Waals surface area contributed by atoms with Gasteiger partial charge in [-0.3, -0.25) is 9.59 Å². The number of aliphatic hydroxyl groups is 1. The first-order valence-electron chi connectivity index (χ1n) is 13.7. The summed E-state index contributed by atoms with van der Waals surface area (Å²) in [6.07, 6.45) is -1.37. The molecule has 0 saturated heterocycles. The number of carbonyl (C=O) groups excluding carboxylic acids is 1. The van der Waals surface area contributed by atoms with Crippen LogP contribution in [-0.2, 0) is 30.5 Å². The number of thiophene rings is 1. The molecule has 1 aromatic heterocycles. The lowest BCUT2D eigenvalue weighted by atomic mass is 9.96. The van der Waals surface area contributed by atoms with Crippen LogP contribution in [0.25, 0.3) is 0 Å². The second-order valence-corrected chi connectivity index (χ2v) is 11.6. The number of esters is 1. The molecule has 0 amide bonds. The lowest BCUT2D eigenvalue weighted by Crippen LogP contribution is -2.48. The molecule has 45 heavy (non-hydrogen) atoms. The quantitative estimate of drug-likeness (QED) is 0.135. The first-order chi connectivity index (χ1) is 21.4. The first kappa shape index (κ1) is 31.6. The zero-order chi connectivity index (χ0) is 32.3. The van der Waals surface area contributed by atoms with Gasteiger partial charge >= 0.3 is 17.9 Å². The molecule has 0 saturated carbocycles. The third-order valence-corrected chi connectivity index (χ3v) is 8.31. The molecule has 2 aliphatic rings. The molecule has 3 aromatic rings. The zero-order valence-corrected chi connectivity index (χ0v) is 24.6. The fourth-order valence-electron chi connectivity index (χ4n) is 5.12. The molecule has 7 N–H and O–H groups in total. The average molecular weight is 643 g/mol. The number of carbonyl (C=O) groups is 3. The van der Waals surface area contributed by atoms with Crippen LogP contribution < -0.4 is 16.2 Å². The zero-order valence-electron chi connectivity index (χ0n) is 23.7. The van der Waals surface area contributed by atoms with Crippen molar-refractivity contribution in [3.8, 4) is 5.75 Å². The van der Waals surface area contributed by atoms with Crippen molar-refractivity contribution in [2.75, 3.05) is 24.6 Å². The van der Waals surface area contributed by atoms with Gasteiger partial charge in [0.25, 0.3) is 6.35 Å². The number of carboxylic acids is 2. The Labute approximate surface area is 260 Å². The standard InChI is InChI=1S/C30H31FN4O9S/c31-18-3-5-20-17(10-18)16-42-23(20)14-34-7-8-35(29(34)44-27(38)13-30(41,28(39)40)12-26(36)37)15-24(25-2-1-9-45-25)43-22-6-4-19(32)11-21(22)33/h1-11,23-24,29,41H,12-16,32-33H2,(H,36,37)(H,39,40). The van der Waals surface area contributed by atoms with Crippen molar-refractivity contribution in [1.82, 2.24) is 9.80 Å². The largest absolute Gasteiger partial charge is 0.481 e. The van der Waals surface area contributed by atoms with Gasteiger partial charge in [-0.05, 0) is 52.9 Å². The number of nitrogens with zero attached hydrogens (tertiary/aromatic N) is 2. The topological polar surface area (TPSA) is 198 Å². The maximum absolute atomic E-state index is 13.8. The molecule has 13 nitrogen and oxygen atoms in total. The summed E-state index contributed by atoms with van der Waals surface area (Å²) in [7, 11) is 0. The molecule has 15 heteroatoms. The van der Waals surface area contributed by atoms with Crippen molar-refractivity contribution in [3.63, 3.8) is 0 Å². The number of aliphatic carboxylic acids is 2. The van der Waals surface area contributed by atoms with E-state index in [1.165, 1.54) is 23.5 Å². The molecule has 5 rings (SSSR count). The van der Waals surface area contributed by atoms with E-state index in [1.54, 1.807) is 46.5 Å². The number of anilines is 2. The monoisotopic (exact) mass is 642 g/mol. The van der Waals surface area contributed by atoms with Crippen LogP contribution in [-0.4, -0.2) is 68.1 Å². The number of nitrogen functional groups attached to an aromatic ring is 2. The van der Waals surface area contributed by atoms with Crippen LogP contribution >= 0.6 is 11.3 Å². The third-order valence-electron chi connectivity index (χ3n) is 7.34. The van der Waals surface area contributed by atoms with Gasteiger partial charge in [0.15, 0.2) is 11.7 Å². The van der Waals surface area contributed by atoms with E-state index in [0.717, 1.165) is 10.4 Å². The van der Waals surface area contributed by atoms with Crippen molar-refractivity contribution in [3.05, 3.63) is 88.1 Å². The lowest BCUT2D eigenvalue weighted by molar-refractivity contribution is -0.184. The number of hydrogen-bond acceptors (Lipinski definition) is 12. The van der Waals surface area contributed by atoms with Gasteiger partial charge in [-0.1, -0.05) is 12.1 Å². The Morgan fingerprint density at radius 3 is 2.56 bits per heavy atom. The molecule has 238 valence electrons. The number of benzene rings is 2. The predicted octanol–water partition coefficient (Wildman–Crippen LogP) is 3.04. The highest BCUT2D eigenvalue weighted by Gasteiger charge is 2.43. The summed E-state index contributed by atoms with van der Waals surface area (Å²) < 4.78 is 31.7. The van der Waals surface area contributed by atoms with E-state index in [2.05, 4.69) is 0 Å². The SMILES string of the molecule is Nc1ccc(OC(CN2C=CN(CC3OCc4cc(F)ccc43)C2OC(=O)CC(O)(CC(=O)O)C(=O)O)c2cccs2)c(N)c1. The highest BCUT2D eigenvalue weighted by Crippen LogP contribution is 2.36. The average Bonchev–Trinajstić information content (AvgIpc) is 3.71. The Morgan fingerprint density at radius 1 is 1.09 bits per heavy atom. The molecule has 3 heterocycles. The molecule has 0 radical (unpaired) electrons. The third kappa shape index (κ3) is 7.28. The van der Waals surface area contributed by atoms with Gasteiger partial charge in [0.05, 0.1) is 38.2 Å². The Balaban J connectivity index is 1.40. The van der Waals surface area contributed by atoms with Gasteiger partial charge in [-0.2, -0.15) is 0 Å². The Morgan fingerprint density at radius 2 is 1.87 bits per heavy atom. The summed E-state index contributed by atoms with van der Waals surface area (Å²) >= 11 is 1.43. The molecular formula is C30H31FN4O9S. The number of ether oxygens (including phenoxy) is 3. The molecular weight excluding hydrogens is 611 g/mol. The summed E-state index contributed by atoms with van der Waals surface area (Å²) in [5.74, 6) is -4.67. The summed E-state index contributed by atoms with van der Waals surface area (Å²) in [6, 6.07) is 12.9. The van der Waals surface area contributed by atoms with E-state index in [1.807, 2.05) is 17.5 Å². The minimum Gasteiger partial charge on any atom is -0.481 e. The lowest BCUT2D eigenvalue weighted by Gasteiger charge is -2.35. The van der Waals surface area contributed by atoms with Gasteiger partial charge in [-0.25, -0.2) is 9.18 Å². The van der Waals surface area contributed by atoms with E-state index in [0.29, 0.717) is 22.7 Å². The smallest absolute Gasteiger partial charge is 0.336 e. The van der Waals surface area contributed by atoms with Crippen LogP contribution in [0.2, 0.25) is 0 Å². The van der Waals surface area contributed by atoms with E-state index >= 15 is 0 Å². The highest BCUT2D eigenvalue weighted by molar-refractivity contribution is 7.10. The number of rotatable bonds is 13. The molecule has 0 fully saturated rings. The Bertz CT molecular complexity index is 1600. The van der Waals surface area contributed by atoms with Gasteiger partial charge < -0.3 is 50.8 Å². The molecule has 0 aliphatic carbocycles. The van der Waals surface area contributed by atoms with Crippen LogP contribution in [0.4, 0.5) is 15.8 Å².